The Hall–Kier alpha value is -4.52. The molecule has 1 amide bonds. The number of nitrogens with zero attached hydrogens (tertiary/aromatic N) is 4. The zero-order chi connectivity index (χ0) is 39.5. The highest BCUT2D eigenvalue weighted by molar-refractivity contribution is 6.28. The average Bonchev–Trinajstić information content (AvgIpc) is 3.65. The minimum Gasteiger partial charge on any atom is -0.436 e. The molecule has 0 radical (unpaired) electrons. The number of oxazole rings is 1. The van der Waals surface area contributed by atoms with Gasteiger partial charge in [-0.3, -0.25) is 14.7 Å². The zero-order valence-corrected chi connectivity index (χ0v) is 32.2. The monoisotopic (exact) mass is 784 g/mol. The van der Waals surface area contributed by atoms with E-state index >= 15 is 0 Å². The topological polar surface area (TPSA) is 166 Å². The Balaban J connectivity index is 1.23. The first kappa shape index (κ1) is 39.7. The smallest absolute Gasteiger partial charge is 0.271 e. The fourth-order valence-corrected chi connectivity index (χ4v) is 8.11. The van der Waals surface area contributed by atoms with Crippen LogP contribution in [0.25, 0.3) is 16.7 Å². The number of alkyl halides is 2. The number of ether oxygens (including phenoxy) is 2. The maximum Gasteiger partial charge on any atom is 0.271 e. The molecule has 7 rings (SSSR count). The van der Waals surface area contributed by atoms with Gasteiger partial charge in [0, 0.05) is 52.1 Å². The van der Waals surface area contributed by atoms with E-state index in [9.17, 15) is 24.7 Å². The molecule has 294 valence electrons. The van der Waals surface area contributed by atoms with Crippen LogP contribution in [0, 0.1) is 18.3 Å². The SMILES string of the molecule is COCc1cc(C(=O)NC2(c3nc4cc(CN5CCC(F)(CO)CC5)cc(C#N)c4o3)C=CC=C(c3ccccc3C)C2Cl)ncc1CN[C@@H]1CCOC[C@H]1O. The second-order valence-corrected chi connectivity index (χ2v) is 15.3. The van der Waals surface area contributed by atoms with Crippen LogP contribution < -0.4 is 10.6 Å². The molecule has 4 aromatic rings. The molecule has 2 aromatic heterocycles. The number of hydrogen-bond acceptors (Lipinski definition) is 11. The zero-order valence-electron chi connectivity index (χ0n) is 31.4. The maximum atomic E-state index is 14.7. The van der Waals surface area contributed by atoms with E-state index in [2.05, 4.69) is 26.6 Å². The second kappa shape index (κ2) is 16.9. The average molecular weight is 785 g/mol. The van der Waals surface area contributed by atoms with Gasteiger partial charge in [0.25, 0.3) is 5.91 Å². The van der Waals surface area contributed by atoms with Crippen molar-refractivity contribution in [3.8, 4) is 6.07 Å². The molecule has 0 bridgehead atoms. The van der Waals surface area contributed by atoms with Gasteiger partial charge in [0.05, 0.1) is 36.9 Å². The third-order valence-electron chi connectivity index (χ3n) is 11.0. The van der Waals surface area contributed by atoms with Crippen molar-refractivity contribution in [3.63, 3.8) is 0 Å². The number of hydrogen-bond donors (Lipinski definition) is 4. The quantitative estimate of drug-likeness (QED) is 0.143. The van der Waals surface area contributed by atoms with Crippen LogP contribution in [0.15, 0.2) is 71.3 Å². The van der Waals surface area contributed by atoms with Crippen molar-refractivity contribution in [3.05, 3.63) is 112 Å². The number of nitriles is 1. The third kappa shape index (κ3) is 8.15. The van der Waals surface area contributed by atoms with Crippen molar-refractivity contribution < 1.29 is 33.3 Å². The summed E-state index contributed by atoms with van der Waals surface area (Å²) in [4.78, 5) is 25.9. The lowest BCUT2D eigenvalue weighted by atomic mass is 9.81. The molecule has 4 atom stereocenters. The molecular formula is C42H46ClFN6O6. The Bertz CT molecular complexity index is 2180. The van der Waals surface area contributed by atoms with Crippen LogP contribution in [-0.4, -0.2) is 94.2 Å². The molecule has 0 saturated carbocycles. The van der Waals surface area contributed by atoms with Gasteiger partial charge < -0.3 is 34.7 Å². The number of piperidine rings is 1. The first-order chi connectivity index (χ1) is 27.1. The molecule has 4 N–H and O–H groups in total. The number of amides is 1. The van der Waals surface area contributed by atoms with Gasteiger partial charge in [0.15, 0.2) is 11.1 Å². The summed E-state index contributed by atoms with van der Waals surface area (Å²) in [5.41, 5.74) is 2.88. The van der Waals surface area contributed by atoms with Gasteiger partial charge in [-0.2, -0.15) is 5.26 Å². The van der Waals surface area contributed by atoms with Crippen LogP contribution in [0.5, 0.6) is 0 Å². The number of carbonyl (C=O) groups excluding carboxylic acids is 1. The predicted octanol–water partition coefficient (Wildman–Crippen LogP) is 4.97. The summed E-state index contributed by atoms with van der Waals surface area (Å²) < 4.78 is 32.0. The molecule has 0 spiro atoms. The number of allylic oxidation sites excluding steroid dienone is 2. The molecule has 14 heteroatoms. The van der Waals surface area contributed by atoms with Crippen LogP contribution in [0.4, 0.5) is 4.39 Å². The third-order valence-corrected chi connectivity index (χ3v) is 11.6. The standard InChI is InChI=1S/C42H46ClFN6O6/c1-26-6-3-4-7-31(26)32-8-5-10-42(38(32)43,49-39(53)35-18-29(23-54-2)30(21-47-35)20-46-33-9-15-55-24-36(33)52)40-48-34-17-27(16-28(19-45)37(34)56-40)22-50-13-11-41(44,25-51)12-14-50/h3-8,10,16-18,21,33,36,38,46,51-52H,9,11-15,20,22-25H2,1-2H3,(H,49,53)/t33-,36-,38?,42?/m1/s1. The van der Waals surface area contributed by atoms with E-state index in [0.29, 0.717) is 44.7 Å². The Morgan fingerprint density at radius 1 is 1.21 bits per heavy atom. The minimum absolute atomic E-state index is 0.0843. The Morgan fingerprint density at radius 2 is 2.02 bits per heavy atom. The number of likely N-dealkylation sites (tertiary alicyclic amines) is 1. The second-order valence-electron chi connectivity index (χ2n) is 14.9. The van der Waals surface area contributed by atoms with Crippen LogP contribution >= 0.6 is 11.6 Å². The van der Waals surface area contributed by atoms with E-state index in [1.165, 1.54) is 0 Å². The van der Waals surface area contributed by atoms with E-state index in [-0.39, 0.29) is 54.8 Å². The molecule has 4 heterocycles. The molecule has 3 aliphatic rings. The van der Waals surface area contributed by atoms with E-state index in [0.717, 1.165) is 33.4 Å². The molecule has 12 nitrogen and oxygen atoms in total. The summed E-state index contributed by atoms with van der Waals surface area (Å²) in [6.07, 6.45) is 7.56. The highest BCUT2D eigenvalue weighted by Gasteiger charge is 2.47. The number of aliphatic hydroxyl groups is 2. The number of aryl methyl sites for hydroxylation is 1. The van der Waals surface area contributed by atoms with Crippen molar-refractivity contribution in [2.24, 2.45) is 0 Å². The van der Waals surface area contributed by atoms with E-state index in [1.54, 1.807) is 31.5 Å². The fourth-order valence-electron chi connectivity index (χ4n) is 7.70. The number of pyridine rings is 1. The summed E-state index contributed by atoms with van der Waals surface area (Å²) in [5, 5.41) is 35.7. The van der Waals surface area contributed by atoms with Crippen molar-refractivity contribution in [1.82, 2.24) is 25.5 Å². The molecule has 2 saturated heterocycles. The first-order valence-electron chi connectivity index (χ1n) is 18.8. The molecular weight excluding hydrogens is 739 g/mol. The van der Waals surface area contributed by atoms with Crippen molar-refractivity contribution in [2.45, 2.75) is 74.6 Å². The lowest BCUT2D eigenvalue weighted by Crippen LogP contribution is -2.52. The van der Waals surface area contributed by atoms with Crippen molar-refractivity contribution in [1.29, 1.82) is 5.26 Å². The summed E-state index contributed by atoms with van der Waals surface area (Å²) in [5.74, 6) is -0.454. The molecule has 2 aromatic carbocycles. The summed E-state index contributed by atoms with van der Waals surface area (Å²) in [6, 6.07) is 15.2. The maximum absolute atomic E-state index is 14.7. The van der Waals surface area contributed by atoms with Gasteiger partial charge >= 0.3 is 0 Å². The molecule has 2 aliphatic heterocycles. The number of methoxy groups -OCH3 is 1. The predicted molar refractivity (Wildman–Crippen MR) is 208 cm³/mol. The Kier molecular flexibility index (Phi) is 12.0. The fraction of sp³-hybridized carbons (Fsp3) is 0.429. The van der Waals surface area contributed by atoms with E-state index in [4.69, 9.17) is 30.5 Å². The number of aromatic nitrogens is 2. The normalized spacial score (nSPS) is 23.8. The van der Waals surface area contributed by atoms with Gasteiger partial charge in [-0.1, -0.05) is 36.4 Å². The minimum atomic E-state index is -1.58. The van der Waals surface area contributed by atoms with Crippen molar-refractivity contribution in [2.75, 3.05) is 40.0 Å². The molecule has 56 heavy (non-hydrogen) atoms. The van der Waals surface area contributed by atoms with Crippen LogP contribution in [0.2, 0.25) is 0 Å². The highest BCUT2D eigenvalue weighted by atomic mass is 35.5. The van der Waals surface area contributed by atoms with Crippen LogP contribution in [0.1, 0.15) is 69.0 Å². The molecule has 1 aliphatic carbocycles. The number of aliphatic hydroxyl groups excluding tert-OH is 2. The van der Waals surface area contributed by atoms with E-state index in [1.807, 2.05) is 49.4 Å². The molecule has 2 fully saturated rings. The number of benzene rings is 2. The number of carbonyl (C=O) groups is 1. The number of nitrogens with one attached hydrogen (secondary N) is 2. The lowest BCUT2D eigenvalue weighted by molar-refractivity contribution is -0.0281. The largest absolute Gasteiger partial charge is 0.436 e. The first-order valence-corrected chi connectivity index (χ1v) is 19.2. The van der Waals surface area contributed by atoms with Gasteiger partial charge in [-0.05, 0) is 83.9 Å². The van der Waals surface area contributed by atoms with Crippen LogP contribution in [-0.2, 0) is 34.7 Å². The number of halogens is 2. The lowest BCUT2D eigenvalue weighted by Gasteiger charge is -2.36. The van der Waals surface area contributed by atoms with Gasteiger partial charge in [-0.15, -0.1) is 11.6 Å². The van der Waals surface area contributed by atoms with Crippen molar-refractivity contribution >= 4 is 34.2 Å². The number of rotatable bonds is 12. The summed E-state index contributed by atoms with van der Waals surface area (Å²) in [6.45, 7) is 4.30. The summed E-state index contributed by atoms with van der Waals surface area (Å²) >= 11 is 7.48. The highest BCUT2D eigenvalue weighted by Crippen LogP contribution is 2.43. The van der Waals surface area contributed by atoms with Gasteiger partial charge in [0.2, 0.25) is 5.89 Å². The van der Waals surface area contributed by atoms with E-state index < -0.39 is 35.2 Å². The Morgan fingerprint density at radius 3 is 2.75 bits per heavy atom. The van der Waals surface area contributed by atoms with Gasteiger partial charge in [-0.25, -0.2) is 9.37 Å². The van der Waals surface area contributed by atoms with Crippen LogP contribution in [0.3, 0.4) is 0 Å². The summed E-state index contributed by atoms with van der Waals surface area (Å²) in [7, 11) is 1.57. The molecule has 2 unspecified atom stereocenters. The Labute approximate surface area is 330 Å². The van der Waals surface area contributed by atoms with Gasteiger partial charge in [0.1, 0.15) is 22.9 Å². The number of fused-ring (bicyclic) bond motifs is 1.